The number of carbonyl (C=O) groups excluding carboxylic acids is 1. The van der Waals surface area contributed by atoms with Crippen LogP contribution in [-0.4, -0.2) is 45.7 Å². The molecule has 0 saturated carbocycles. The summed E-state index contributed by atoms with van der Waals surface area (Å²) in [4.78, 5) is 24.5. The molecule has 1 aliphatic heterocycles. The Bertz CT molecular complexity index is 536. The van der Waals surface area contributed by atoms with Crippen LogP contribution in [0.15, 0.2) is 22.7 Å². The van der Waals surface area contributed by atoms with Gasteiger partial charge in [-0.3, -0.25) is 4.79 Å². The number of rotatable bonds is 2. The number of hydrogen-bond donors (Lipinski definition) is 2. The van der Waals surface area contributed by atoms with Gasteiger partial charge in [0.05, 0.1) is 16.7 Å². The molecular weight excluding hydrogens is 337 g/mol. The van der Waals surface area contributed by atoms with E-state index in [0.717, 1.165) is 9.37 Å². The number of benzene rings is 1. The fraction of sp³-hybridized carbons (Fsp3) is 0.333. The van der Waals surface area contributed by atoms with E-state index in [0.29, 0.717) is 0 Å². The summed E-state index contributed by atoms with van der Waals surface area (Å²) in [6.45, 7) is 0.00218. The van der Waals surface area contributed by atoms with Crippen molar-refractivity contribution >= 4 is 39.4 Å². The van der Waals surface area contributed by atoms with Crippen molar-refractivity contribution in [1.29, 1.82) is 0 Å². The largest absolute Gasteiger partial charge is 0.480 e. The predicted octanol–water partition coefficient (Wildman–Crippen LogP) is 1.76. The van der Waals surface area contributed by atoms with Crippen LogP contribution in [0.1, 0.15) is 16.8 Å². The Balaban J connectivity index is 2.30. The number of hydrogen-bond acceptors (Lipinski definition) is 3. The van der Waals surface area contributed by atoms with Crippen molar-refractivity contribution in [1.82, 2.24) is 4.90 Å². The van der Waals surface area contributed by atoms with Gasteiger partial charge in [0.2, 0.25) is 0 Å². The number of aliphatic hydroxyl groups excluding tert-OH is 1. The van der Waals surface area contributed by atoms with Gasteiger partial charge in [-0.15, -0.1) is 0 Å². The molecule has 5 nitrogen and oxygen atoms in total. The molecule has 1 aliphatic rings. The highest BCUT2D eigenvalue weighted by molar-refractivity contribution is 9.10. The molecule has 0 aliphatic carbocycles. The van der Waals surface area contributed by atoms with Crippen molar-refractivity contribution in [3.8, 4) is 0 Å². The predicted molar refractivity (Wildman–Crippen MR) is 72.2 cm³/mol. The minimum Gasteiger partial charge on any atom is -0.480 e. The van der Waals surface area contributed by atoms with E-state index < -0.39 is 24.0 Å². The summed E-state index contributed by atoms with van der Waals surface area (Å²) in [6, 6.07) is 3.73. The molecule has 1 aromatic carbocycles. The zero-order valence-electron chi connectivity index (χ0n) is 9.72. The van der Waals surface area contributed by atoms with Gasteiger partial charge >= 0.3 is 5.97 Å². The number of carboxylic acid groups (broad SMARTS) is 1. The molecule has 102 valence electrons. The third-order valence-electron chi connectivity index (χ3n) is 2.99. The van der Waals surface area contributed by atoms with Crippen molar-refractivity contribution in [3.63, 3.8) is 0 Å². The van der Waals surface area contributed by atoms with Gasteiger partial charge in [0, 0.05) is 17.4 Å². The van der Waals surface area contributed by atoms with Crippen molar-refractivity contribution < 1.29 is 19.8 Å². The number of carboxylic acids is 1. The second kappa shape index (κ2) is 5.48. The average molecular weight is 349 g/mol. The van der Waals surface area contributed by atoms with E-state index in [4.69, 9.17) is 16.7 Å². The lowest BCUT2D eigenvalue weighted by atomic mass is 10.1. The normalized spacial score (nSPS) is 22.6. The first kappa shape index (κ1) is 14.3. The average Bonchev–Trinajstić information content (AvgIpc) is 2.70. The molecule has 1 aromatic rings. The molecule has 7 heteroatoms. The van der Waals surface area contributed by atoms with Crippen molar-refractivity contribution in [2.24, 2.45) is 0 Å². The van der Waals surface area contributed by atoms with Gasteiger partial charge in [-0.2, -0.15) is 0 Å². The molecule has 1 saturated heterocycles. The Labute approximate surface area is 122 Å². The van der Waals surface area contributed by atoms with Crippen LogP contribution in [0.25, 0.3) is 0 Å². The Morgan fingerprint density at radius 1 is 1.42 bits per heavy atom. The third kappa shape index (κ3) is 2.91. The number of halogens is 2. The highest BCUT2D eigenvalue weighted by atomic mass is 79.9. The first-order chi connectivity index (χ1) is 8.90. The molecule has 2 rings (SSSR count). The Morgan fingerprint density at radius 3 is 2.68 bits per heavy atom. The van der Waals surface area contributed by atoms with Gasteiger partial charge in [0.25, 0.3) is 5.91 Å². The number of carbonyl (C=O) groups is 2. The van der Waals surface area contributed by atoms with E-state index in [-0.39, 0.29) is 23.6 Å². The molecule has 2 unspecified atom stereocenters. The number of aliphatic carboxylic acids is 1. The lowest BCUT2D eigenvalue weighted by Gasteiger charge is -2.21. The van der Waals surface area contributed by atoms with Crippen molar-refractivity contribution in [3.05, 3.63) is 33.3 Å². The summed E-state index contributed by atoms with van der Waals surface area (Å²) in [5.74, 6) is -1.61. The summed E-state index contributed by atoms with van der Waals surface area (Å²) < 4.78 is 0.727. The second-order valence-electron chi connectivity index (χ2n) is 4.33. The number of nitrogens with zero attached hydrogens (tertiary/aromatic N) is 1. The van der Waals surface area contributed by atoms with Gasteiger partial charge in [0.15, 0.2) is 0 Å². The van der Waals surface area contributed by atoms with E-state index in [1.165, 1.54) is 6.07 Å². The maximum atomic E-state index is 12.3. The quantitative estimate of drug-likeness (QED) is 0.854. The fourth-order valence-electron chi connectivity index (χ4n) is 2.09. The van der Waals surface area contributed by atoms with E-state index in [1.54, 1.807) is 12.1 Å². The van der Waals surface area contributed by atoms with Gasteiger partial charge in [-0.05, 0) is 18.2 Å². The van der Waals surface area contributed by atoms with E-state index in [2.05, 4.69) is 15.9 Å². The minimum atomic E-state index is -1.13. The third-order valence-corrected chi connectivity index (χ3v) is 3.79. The fourth-order valence-corrected chi connectivity index (χ4v) is 2.84. The number of aliphatic hydroxyl groups is 1. The molecule has 2 N–H and O–H groups in total. The van der Waals surface area contributed by atoms with Gasteiger partial charge in [-0.1, -0.05) is 27.5 Å². The van der Waals surface area contributed by atoms with Crippen LogP contribution in [0.4, 0.5) is 0 Å². The van der Waals surface area contributed by atoms with Gasteiger partial charge < -0.3 is 15.1 Å². The maximum absolute atomic E-state index is 12.3. The molecule has 2 atom stereocenters. The number of amides is 1. The molecule has 1 heterocycles. The highest BCUT2D eigenvalue weighted by Crippen LogP contribution is 2.26. The number of likely N-dealkylation sites (tertiary alicyclic amines) is 1. The molecule has 0 aromatic heterocycles. The first-order valence-corrected chi connectivity index (χ1v) is 6.74. The van der Waals surface area contributed by atoms with Gasteiger partial charge in [0.1, 0.15) is 6.04 Å². The zero-order valence-corrected chi connectivity index (χ0v) is 12.1. The van der Waals surface area contributed by atoms with Crippen LogP contribution in [0.5, 0.6) is 0 Å². The SMILES string of the molecule is O=C(O)C1CC(O)CN1C(=O)c1ccc(Br)cc1Cl. The monoisotopic (exact) mass is 347 g/mol. The lowest BCUT2D eigenvalue weighted by Crippen LogP contribution is -2.40. The van der Waals surface area contributed by atoms with E-state index in [9.17, 15) is 14.7 Å². The Hall–Kier alpha value is -1.11. The molecular formula is C12H11BrClNO4. The summed E-state index contributed by atoms with van der Waals surface area (Å²) in [5, 5.41) is 18.8. The highest BCUT2D eigenvalue weighted by Gasteiger charge is 2.39. The van der Waals surface area contributed by atoms with E-state index in [1.807, 2.05) is 0 Å². The van der Waals surface area contributed by atoms with Crippen LogP contribution < -0.4 is 0 Å². The van der Waals surface area contributed by atoms with Crippen LogP contribution in [0, 0.1) is 0 Å². The molecule has 1 fully saturated rings. The smallest absolute Gasteiger partial charge is 0.326 e. The first-order valence-electron chi connectivity index (χ1n) is 5.57. The van der Waals surface area contributed by atoms with Crippen LogP contribution >= 0.6 is 27.5 Å². The topological polar surface area (TPSA) is 77.8 Å². The maximum Gasteiger partial charge on any atom is 0.326 e. The lowest BCUT2D eigenvalue weighted by molar-refractivity contribution is -0.141. The summed E-state index contributed by atoms with van der Waals surface area (Å²) in [6.07, 6.45) is -0.783. The Kier molecular flexibility index (Phi) is 4.13. The van der Waals surface area contributed by atoms with E-state index >= 15 is 0 Å². The van der Waals surface area contributed by atoms with Crippen molar-refractivity contribution in [2.75, 3.05) is 6.54 Å². The van der Waals surface area contributed by atoms with Crippen LogP contribution in [-0.2, 0) is 4.79 Å². The minimum absolute atomic E-state index is 0.00218. The Morgan fingerprint density at radius 2 is 2.11 bits per heavy atom. The molecule has 0 bridgehead atoms. The standard InChI is InChI=1S/C12H11BrClNO4/c13-6-1-2-8(9(14)3-6)11(17)15-5-7(16)4-10(15)12(18)19/h1-3,7,10,16H,4-5H2,(H,18,19). The summed E-state index contributed by atoms with van der Waals surface area (Å²) in [7, 11) is 0. The molecule has 1 amide bonds. The molecule has 0 radical (unpaired) electrons. The molecule has 19 heavy (non-hydrogen) atoms. The summed E-state index contributed by atoms with van der Waals surface area (Å²) in [5.41, 5.74) is 0.227. The van der Waals surface area contributed by atoms with Crippen molar-refractivity contribution in [2.45, 2.75) is 18.6 Å². The van der Waals surface area contributed by atoms with Gasteiger partial charge in [-0.25, -0.2) is 4.79 Å². The molecule has 0 spiro atoms. The van der Waals surface area contributed by atoms with Crippen LogP contribution in [0.2, 0.25) is 5.02 Å². The van der Waals surface area contributed by atoms with Crippen LogP contribution in [0.3, 0.4) is 0 Å². The summed E-state index contributed by atoms with van der Waals surface area (Å²) >= 11 is 9.21. The number of β-amino-alcohol motifs (C(OH)–C–C–N with tert-alkyl or cyclic N) is 1. The zero-order chi connectivity index (χ0) is 14.2. The second-order valence-corrected chi connectivity index (χ2v) is 5.65.